The number of carbonyl (C=O) groups excluding carboxylic acids is 2. The number of hydrogen-bond acceptors (Lipinski definition) is 6. The second-order valence-corrected chi connectivity index (χ2v) is 9.43. The highest BCUT2D eigenvalue weighted by Crippen LogP contribution is 2.42. The molecule has 186 valence electrons. The molecule has 2 aromatic carbocycles. The minimum atomic E-state index is -0.309. The van der Waals surface area contributed by atoms with Crippen LogP contribution in [0.15, 0.2) is 67.3 Å². The molecule has 4 aromatic rings. The van der Waals surface area contributed by atoms with Gasteiger partial charge in [-0.2, -0.15) is 5.10 Å². The summed E-state index contributed by atoms with van der Waals surface area (Å²) in [5, 5.41) is 11.0. The van der Waals surface area contributed by atoms with Crippen LogP contribution in [-0.4, -0.2) is 50.0 Å². The molecular formula is C28H27N7O2. The number of carbonyl (C=O) groups is 2. The van der Waals surface area contributed by atoms with E-state index in [1.54, 1.807) is 23.6 Å². The molecule has 2 aromatic heterocycles. The van der Waals surface area contributed by atoms with Crippen LogP contribution in [0.2, 0.25) is 0 Å². The maximum absolute atomic E-state index is 13.0. The number of nitrogens with one attached hydrogen (secondary N) is 2. The predicted octanol–water partition coefficient (Wildman–Crippen LogP) is 4.06. The van der Waals surface area contributed by atoms with E-state index in [-0.39, 0.29) is 30.2 Å². The molecule has 0 fully saturated rings. The van der Waals surface area contributed by atoms with Crippen LogP contribution in [-0.2, 0) is 9.59 Å². The summed E-state index contributed by atoms with van der Waals surface area (Å²) in [6.45, 7) is 2.83. The molecule has 2 unspecified atom stereocenters. The number of aromatic nitrogens is 4. The molecule has 6 rings (SSSR count). The van der Waals surface area contributed by atoms with Crippen molar-refractivity contribution in [2.45, 2.75) is 31.7 Å². The van der Waals surface area contributed by atoms with Crippen LogP contribution in [0.5, 0.6) is 0 Å². The molecule has 9 heteroatoms. The molecule has 0 bridgehead atoms. The van der Waals surface area contributed by atoms with E-state index in [1.165, 1.54) is 12.5 Å². The number of hydrogen-bond donors (Lipinski definition) is 2. The number of H-pyrrole nitrogens is 1. The molecule has 2 N–H and O–H groups in total. The van der Waals surface area contributed by atoms with Crippen molar-refractivity contribution in [3.63, 3.8) is 0 Å². The largest absolute Gasteiger partial charge is 0.356 e. The SMILES string of the molecule is CC(=O)N1C=Cc2ccccc2C1CC(=O)NCCC1CN(c2ncnc3[nH]ncc23)c2ccccc21. The Morgan fingerprint density at radius 1 is 1.08 bits per heavy atom. The van der Waals surface area contributed by atoms with Gasteiger partial charge in [0, 0.05) is 37.8 Å². The highest BCUT2D eigenvalue weighted by molar-refractivity contribution is 5.90. The van der Waals surface area contributed by atoms with Gasteiger partial charge in [0.15, 0.2) is 5.65 Å². The Hall–Kier alpha value is -4.53. The third kappa shape index (κ3) is 4.22. The Balaban J connectivity index is 1.14. The minimum Gasteiger partial charge on any atom is -0.356 e. The molecule has 0 saturated carbocycles. The lowest BCUT2D eigenvalue weighted by atomic mass is 9.93. The maximum atomic E-state index is 13.0. The van der Waals surface area contributed by atoms with E-state index in [1.807, 2.05) is 42.5 Å². The molecule has 9 nitrogen and oxygen atoms in total. The van der Waals surface area contributed by atoms with Gasteiger partial charge in [-0.15, -0.1) is 0 Å². The van der Waals surface area contributed by atoms with Crippen LogP contribution < -0.4 is 10.2 Å². The van der Waals surface area contributed by atoms with Gasteiger partial charge < -0.3 is 15.1 Å². The van der Waals surface area contributed by atoms with Gasteiger partial charge in [0.2, 0.25) is 11.8 Å². The second kappa shape index (κ2) is 9.50. The number of fused-ring (bicyclic) bond motifs is 3. The fraction of sp³-hybridized carbons (Fsp3) is 0.250. The van der Waals surface area contributed by atoms with Crippen LogP contribution in [0.1, 0.15) is 48.4 Å². The van der Waals surface area contributed by atoms with Gasteiger partial charge in [0.1, 0.15) is 12.1 Å². The quantitative estimate of drug-likeness (QED) is 0.420. The van der Waals surface area contributed by atoms with E-state index < -0.39 is 0 Å². The first-order valence-electron chi connectivity index (χ1n) is 12.4. The van der Waals surface area contributed by atoms with E-state index in [9.17, 15) is 9.59 Å². The molecule has 2 aliphatic rings. The first kappa shape index (κ1) is 22.9. The molecule has 2 atom stereocenters. The monoisotopic (exact) mass is 493 g/mol. The van der Waals surface area contributed by atoms with Crippen LogP contribution >= 0.6 is 0 Å². The van der Waals surface area contributed by atoms with Gasteiger partial charge >= 0.3 is 0 Å². The molecule has 37 heavy (non-hydrogen) atoms. The number of anilines is 2. The smallest absolute Gasteiger partial charge is 0.223 e. The van der Waals surface area contributed by atoms with E-state index in [2.05, 4.69) is 42.5 Å². The standard InChI is InChI=1S/C28H27N7O2/c1-18(36)34-13-11-19-6-2-3-7-21(19)25(34)14-26(37)29-12-10-20-16-35(24-9-5-4-8-22(20)24)28-23-15-32-33-27(23)30-17-31-28/h2-9,11,13,15,17,20,25H,10,12,14,16H2,1H3,(H,29,37)(H,30,31,32,33). The van der Waals surface area contributed by atoms with Crippen LogP contribution in [0.3, 0.4) is 0 Å². The first-order chi connectivity index (χ1) is 18.1. The third-order valence-electron chi connectivity index (χ3n) is 7.22. The third-order valence-corrected chi connectivity index (χ3v) is 7.22. The molecule has 0 spiro atoms. The van der Waals surface area contributed by atoms with Crippen LogP contribution in [0, 0.1) is 0 Å². The number of rotatable bonds is 6. The average Bonchev–Trinajstić information content (AvgIpc) is 3.54. The van der Waals surface area contributed by atoms with E-state index in [0.29, 0.717) is 12.2 Å². The number of aromatic amines is 1. The molecule has 0 saturated heterocycles. The zero-order valence-corrected chi connectivity index (χ0v) is 20.5. The molecule has 2 amide bonds. The van der Waals surface area contributed by atoms with Gasteiger partial charge in [-0.1, -0.05) is 42.5 Å². The van der Waals surface area contributed by atoms with E-state index in [4.69, 9.17) is 0 Å². The van der Waals surface area contributed by atoms with Crippen molar-refractivity contribution in [1.82, 2.24) is 30.4 Å². The maximum Gasteiger partial charge on any atom is 0.223 e. The normalized spacial score (nSPS) is 18.1. The lowest BCUT2D eigenvalue weighted by Crippen LogP contribution is -2.35. The van der Waals surface area contributed by atoms with Crippen molar-refractivity contribution in [2.24, 2.45) is 0 Å². The summed E-state index contributed by atoms with van der Waals surface area (Å²) in [5.41, 5.74) is 5.09. The van der Waals surface area contributed by atoms with Crippen molar-refractivity contribution in [2.75, 3.05) is 18.0 Å². The summed E-state index contributed by atoms with van der Waals surface area (Å²) in [5.74, 6) is 0.912. The fourth-order valence-electron chi connectivity index (χ4n) is 5.46. The highest BCUT2D eigenvalue weighted by atomic mass is 16.2. The summed E-state index contributed by atoms with van der Waals surface area (Å²) < 4.78 is 0. The van der Waals surface area contributed by atoms with Crippen molar-refractivity contribution >= 4 is 40.4 Å². The summed E-state index contributed by atoms with van der Waals surface area (Å²) in [6, 6.07) is 15.9. The first-order valence-corrected chi connectivity index (χ1v) is 12.4. The fourth-order valence-corrected chi connectivity index (χ4v) is 5.46. The molecule has 4 heterocycles. The van der Waals surface area contributed by atoms with Crippen molar-refractivity contribution in [3.05, 3.63) is 83.9 Å². The Bertz CT molecular complexity index is 1510. The topological polar surface area (TPSA) is 107 Å². The van der Waals surface area contributed by atoms with Crippen LogP contribution in [0.4, 0.5) is 11.5 Å². The second-order valence-electron chi connectivity index (χ2n) is 9.43. The lowest BCUT2D eigenvalue weighted by Gasteiger charge is -2.32. The van der Waals surface area contributed by atoms with Crippen LogP contribution in [0.25, 0.3) is 17.1 Å². The minimum absolute atomic E-state index is 0.0691. The van der Waals surface area contributed by atoms with Crippen molar-refractivity contribution in [1.29, 1.82) is 0 Å². The number of nitrogens with zero attached hydrogens (tertiary/aromatic N) is 5. The summed E-state index contributed by atoms with van der Waals surface area (Å²) >= 11 is 0. The Labute approximate surface area is 214 Å². The molecule has 0 aliphatic carbocycles. The summed E-state index contributed by atoms with van der Waals surface area (Å²) in [7, 11) is 0. The number of amides is 2. The summed E-state index contributed by atoms with van der Waals surface area (Å²) in [6.07, 6.45) is 8.00. The summed E-state index contributed by atoms with van der Waals surface area (Å²) in [4.78, 5) is 37.9. The Morgan fingerprint density at radius 2 is 1.89 bits per heavy atom. The van der Waals surface area contributed by atoms with Crippen molar-refractivity contribution in [3.8, 4) is 0 Å². The van der Waals surface area contributed by atoms with Gasteiger partial charge in [-0.05, 0) is 35.3 Å². The number of para-hydroxylation sites is 1. The molecule has 2 aliphatic heterocycles. The predicted molar refractivity (Wildman–Crippen MR) is 141 cm³/mol. The van der Waals surface area contributed by atoms with Gasteiger partial charge in [-0.3, -0.25) is 14.7 Å². The van der Waals surface area contributed by atoms with E-state index in [0.717, 1.165) is 41.0 Å². The highest BCUT2D eigenvalue weighted by Gasteiger charge is 2.32. The van der Waals surface area contributed by atoms with Gasteiger partial charge in [0.05, 0.1) is 24.0 Å². The Kier molecular flexibility index (Phi) is 5.88. The number of benzene rings is 2. The van der Waals surface area contributed by atoms with Gasteiger partial charge in [-0.25, -0.2) is 9.97 Å². The lowest BCUT2D eigenvalue weighted by molar-refractivity contribution is -0.129. The van der Waals surface area contributed by atoms with E-state index >= 15 is 0 Å². The average molecular weight is 494 g/mol. The van der Waals surface area contributed by atoms with Gasteiger partial charge in [0.25, 0.3) is 0 Å². The zero-order valence-electron chi connectivity index (χ0n) is 20.5. The molecular weight excluding hydrogens is 466 g/mol. The zero-order chi connectivity index (χ0) is 25.4. The Morgan fingerprint density at radius 3 is 2.76 bits per heavy atom. The van der Waals surface area contributed by atoms with Crippen molar-refractivity contribution < 1.29 is 9.59 Å². The molecule has 0 radical (unpaired) electrons.